The highest BCUT2D eigenvalue weighted by atomic mass is 16.2. The van der Waals surface area contributed by atoms with Gasteiger partial charge in [-0.05, 0) is 49.4 Å². The number of likely N-dealkylation sites (tertiary alicyclic amines) is 1. The molecule has 124 valence electrons. The van der Waals surface area contributed by atoms with Gasteiger partial charge in [-0.1, -0.05) is 18.2 Å². The quantitative estimate of drug-likeness (QED) is 0.777. The summed E-state index contributed by atoms with van der Waals surface area (Å²) in [6.45, 7) is 2.81. The van der Waals surface area contributed by atoms with Crippen LogP contribution in [-0.2, 0) is 6.54 Å². The van der Waals surface area contributed by atoms with Gasteiger partial charge in [-0.15, -0.1) is 0 Å². The lowest BCUT2D eigenvalue weighted by molar-refractivity contribution is 0.0680. The van der Waals surface area contributed by atoms with E-state index >= 15 is 0 Å². The fraction of sp³-hybridized carbons (Fsp3) is 0.350. The van der Waals surface area contributed by atoms with Gasteiger partial charge in [0.1, 0.15) is 5.69 Å². The van der Waals surface area contributed by atoms with Gasteiger partial charge in [0, 0.05) is 42.9 Å². The second kappa shape index (κ2) is 6.56. The number of fused-ring (bicyclic) bond motifs is 1. The number of carbonyl (C=O) groups is 1. The van der Waals surface area contributed by atoms with E-state index in [2.05, 4.69) is 34.1 Å². The Bertz CT molecular complexity index is 777. The Hall–Kier alpha value is -2.49. The molecule has 1 N–H and O–H groups in total. The summed E-state index contributed by atoms with van der Waals surface area (Å²) >= 11 is 0. The van der Waals surface area contributed by atoms with Gasteiger partial charge in [0.15, 0.2) is 0 Å². The smallest absolute Gasteiger partial charge is 0.270 e. The van der Waals surface area contributed by atoms with Crippen LogP contribution in [0.15, 0.2) is 54.9 Å². The van der Waals surface area contributed by atoms with Crippen LogP contribution in [0, 0.1) is 5.92 Å². The second-order valence-electron chi connectivity index (χ2n) is 6.72. The first-order valence-corrected chi connectivity index (χ1v) is 8.77. The lowest BCUT2D eigenvalue weighted by atomic mass is 9.93. The highest BCUT2D eigenvalue weighted by Gasteiger charge is 2.24. The van der Waals surface area contributed by atoms with E-state index in [4.69, 9.17) is 0 Å². The second-order valence-corrected chi connectivity index (χ2v) is 6.72. The minimum Gasteiger partial charge on any atom is -0.354 e. The van der Waals surface area contributed by atoms with E-state index in [1.165, 1.54) is 6.42 Å². The number of piperidine rings is 1. The van der Waals surface area contributed by atoms with Crippen LogP contribution in [0.2, 0.25) is 0 Å². The summed E-state index contributed by atoms with van der Waals surface area (Å²) in [6, 6.07) is 14.2. The number of carbonyl (C=O) groups excluding carboxylic acids is 1. The van der Waals surface area contributed by atoms with Gasteiger partial charge in [-0.3, -0.25) is 4.79 Å². The van der Waals surface area contributed by atoms with Gasteiger partial charge in [0.25, 0.3) is 5.91 Å². The molecule has 4 nitrogen and oxygen atoms in total. The molecule has 0 aliphatic carbocycles. The third kappa shape index (κ3) is 3.09. The van der Waals surface area contributed by atoms with Crippen LogP contribution in [0.3, 0.4) is 0 Å². The van der Waals surface area contributed by atoms with Crippen molar-refractivity contribution < 1.29 is 4.79 Å². The average molecular weight is 321 g/mol. The van der Waals surface area contributed by atoms with Crippen molar-refractivity contribution in [3.05, 3.63) is 60.6 Å². The minimum atomic E-state index is 0.134. The highest BCUT2D eigenvalue weighted by Crippen LogP contribution is 2.23. The molecule has 4 rings (SSSR count). The van der Waals surface area contributed by atoms with E-state index in [0.717, 1.165) is 49.3 Å². The Morgan fingerprint density at radius 1 is 1.08 bits per heavy atom. The summed E-state index contributed by atoms with van der Waals surface area (Å²) in [4.78, 5) is 18.0. The molecule has 1 aliphatic heterocycles. The first kappa shape index (κ1) is 15.1. The normalized spacial score (nSPS) is 15.9. The van der Waals surface area contributed by atoms with Crippen LogP contribution in [-0.4, -0.2) is 33.4 Å². The molecule has 3 aromatic rings. The highest BCUT2D eigenvalue weighted by molar-refractivity contribution is 5.98. The lowest BCUT2D eigenvalue weighted by Gasteiger charge is -2.31. The SMILES string of the molecule is O=C(c1cc2ccccc2[nH]1)N1CCC(CCn2cccc2)CC1. The van der Waals surface area contributed by atoms with Crippen LogP contribution < -0.4 is 0 Å². The summed E-state index contributed by atoms with van der Waals surface area (Å²) in [6.07, 6.45) is 7.65. The zero-order chi connectivity index (χ0) is 16.4. The molecule has 1 amide bonds. The van der Waals surface area contributed by atoms with E-state index < -0.39 is 0 Å². The van der Waals surface area contributed by atoms with Crippen molar-refractivity contribution in [2.45, 2.75) is 25.8 Å². The van der Waals surface area contributed by atoms with Gasteiger partial charge in [-0.25, -0.2) is 0 Å². The van der Waals surface area contributed by atoms with Gasteiger partial charge in [0.2, 0.25) is 0 Å². The summed E-state index contributed by atoms with van der Waals surface area (Å²) in [5, 5.41) is 1.10. The first-order chi connectivity index (χ1) is 11.8. The number of aromatic nitrogens is 2. The molecule has 4 heteroatoms. The van der Waals surface area contributed by atoms with Crippen LogP contribution in [0.4, 0.5) is 0 Å². The van der Waals surface area contributed by atoms with Gasteiger partial charge >= 0.3 is 0 Å². The van der Waals surface area contributed by atoms with Crippen molar-refractivity contribution in [3.63, 3.8) is 0 Å². The zero-order valence-corrected chi connectivity index (χ0v) is 13.8. The Labute approximate surface area is 142 Å². The first-order valence-electron chi connectivity index (χ1n) is 8.77. The van der Waals surface area contributed by atoms with Gasteiger partial charge < -0.3 is 14.5 Å². The fourth-order valence-electron chi connectivity index (χ4n) is 3.63. The maximum absolute atomic E-state index is 12.7. The Morgan fingerprint density at radius 3 is 2.58 bits per heavy atom. The number of hydrogen-bond donors (Lipinski definition) is 1. The largest absolute Gasteiger partial charge is 0.354 e. The molecule has 0 radical (unpaired) electrons. The molecule has 0 atom stereocenters. The van der Waals surface area contributed by atoms with E-state index in [-0.39, 0.29) is 5.91 Å². The average Bonchev–Trinajstić information content (AvgIpc) is 3.29. The molecule has 3 heterocycles. The molecule has 0 spiro atoms. The van der Waals surface area contributed by atoms with Crippen molar-refractivity contribution >= 4 is 16.8 Å². The molecule has 1 saturated heterocycles. The third-order valence-corrected chi connectivity index (χ3v) is 5.12. The number of amides is 1. The number of nitrogens with one attached hydrogen (secondary N) is 1. The Balaban J connectivity index is 1.34. The number of para-hydroxylation sites is 1. The van der Waals surface area contributed by atoms with Crippen LogP contribution in [0.5, 0.6) is 0 Å². The van der Waals surface area contributed by atoms with Crippen molar-refractivity contribution in [1.29, 1.82) is 0 Å². The molecule has 2 aromatic heterocycles. The maximum Gasteiger partial charge on any atom is 0.270 e. The number of benzene rings is 1. The van der Waals surface area contributed by atoms with Crippen LogP contribution in [0.25, 0.3) is 10.9 Å². The number of rotatable bonds is 4. The van der Waals surface area contributed by atoms with Gasteiger partial charge in [-0.2, -0.15) is 0 Å². The van der Waals surface area contributed by atoms with Gasteiger partial charge in [0.05, 0.1) is 0 Å². The minimum absolute atomic E-state index is 0.134. The van der Waals surface area contributed by atoms with Crippen molar-refractivity contribution in [2.24, 2.45) is 5.92 Å². The predicted octanol–water partition coefficient (Wildman–Crippen LogP) is 3.91. The predicted molar refractivity (Wildman–Crippen MR) is 96.0 cm³/mol. The molecule has 24 heavy (non-hydrogen) atoms. The molecule has 0 bridgehead atoms. The fourth-order valence-corrected chi connectivity index (χ4v) is 3.63. The number of nitrogens with zero attached hydrogens (tertiary/aromatic N) is 2. The van der Waals surface area contributed by atoms with E-state index in [1.54, 1.807) is 0 Å². The standard InChI is InChI=1S/C20H23N3O/c24-20(19-15-17-5-1-2-6-18(17)21-19)23-13-8-16(9-14-23)7-12-22-10-3-4-11-22/h1-6,10-11,15-16,21H,7-9,12-14H2. The van der Waals surface area contributed by atoms with Crippen molar-refractivity contribution in [3.8, 4) is 0 Å². The number of aryl methyl sites for hydroxylation is 1. The molecular weight excluding hydrogens is 298 g/mol. The number of H-pyrrole nitrogens is 1. The van der Waals surface area contributed by atoms with E-state index in [1.807, 2.05) is 35.2 Å². The van der Waals surface area contributed by atoms with E-state index in [9.17, 15) is 4.79 Å². The maximum atomic E-state index is 12.7. The summed E-state index contributed by atoms with van der Waals surface area (Å²) in [5.74, 6) is 0.856. The van der Waals surface area contributed by atoms with Crippen LogP contribution >= 0.6 is 0 Å². The Kier molecular flexibility index (Phi) is 4.11. The summed E-state index contributed by atoms with van der Waals surface area (Å²) in [5.41, 5.74) is 1.74. The van der Waals surface area contributed by atoms with Crippen molar-refractivity contribution in [2.75, 3.05) is 13.1 Å². The molecule has 0 saturated carbocycles. The third-order valence-electron chi connectivity index (χ3n) is 5.12. The molecule has 1 aliphatic rings. The zero-order valence-electron chi connectivity index (χ0n) is 13.8. The van der Waals surface area contributed by atoms with Crippen molar-refractivity contribution in [1.82, 2.24) is 14.5 Å². The Morgan fingerprint density at radius 2 is 1.83 bits per heavy atom. The molecular formula is C20H23N3O. The van der Waals surface area contributed by atoms with E-state index in [0.29, 0.717) is 5.69 Å². The summed E-state index contributed by atoms with van der Waals surface area (Å²) < 4.78 is 2.24. The molecule has 1 fully saturated rings. The number of hydrogen-bond acceptors (Lipinski definition) is 1. The number of aromatic amines is 1. The lowest BCUT2D eigenvalue weighted by Crippen LogP contribution is -2.38. The summed E-state index contributed by atoms with van der Waals surface area (Å²) in [7, 11) is 0. The monoisotopic (exact) mass is 321 g/mol. The molecule has 0 unspecified atom stereocenters. The molecule has 1 aromatic carbocycles. The topological polar surface area (TPSA) is 41.0 Å². The van der Waals surface area contributed by atoms with Crippen LogP contribution in [0.1, 0.15) is 29.8 Å².